The number of rotatable bonds is 71. The summed E-state index contributed by atoms with van der Waals surface area (Å²) in [5, 5.41) is 108. The molecule has 48 heteroatoms. The van der Waals surface area contributed by atoms with Crippen molar-refractivity contribution in [2.45, 2.75) is 222 Å². The molecule has 3 heterocycles. The number of aliphatic hydroxyl groups is 10. The lowest BCUT2D eigenvalue weighted by molar-refractivity contribution is -0.270. The van der Waals surface area contributed by atoms with Gasteiger partial charge in [0, 0.05) is 93.3 Å². The number of hydrogen-bond donors (Lipinski definition) is 17. The van der Waals surface area contributed by atoms with Gasteiger partial charge in [0.05, 0.1) is 118 Å². The molecule has 0 aromatic heterocycles. The van der Waals surface area contributed by atoms with Gasteiger partial charge in [-0.1, -0.05) is 38.5 Å². The van der Waals surface area contributed by atoms with E-state index < -0.39 is 173 Å². The lowest BCUT2D eigenvalue weighted by Crippen LogP contribution is -2.64. The zero-order valence-corrected chi connectivity index (χ0v) is 69.8. The van der Waals surface area contributed by atoms with Gasteiger partial charge in [0.1, 0.15) is 73.1 Å². The number of unbranched alkanes of at least 4 members (excludes halogenated alkanes) is 9. The summed E-state index contributed by atoms with van der Waals surface area (Å²) in [5.41, 5.74) is -1.52. The van der Waals surface area contributed by atoms with Gasteiger partial charge < -0.3 is 143 Å². The van der Waals surface area contributed by atoms with Gasteiger partial charge in [0.25, 0.3) is 0 Å². The third kappa shape index (κ3) is 46.3. The Balaban J connectivity index is 1.63. The molecule has 0 bridgehead atoms. The van der Waals surface area contributed by atoms with Crippen LogP contribution in [0.4, 0.5) is 0 Å². The second-order valence-corrected chi connectivity index (χ2v) is 33.6. The summed E-state index contributed by atoms with van der Waals surface area (Å²) < 4.78 is 162. The Bertz CT molecular complexity index is 2540. The summed E-state index contributed by atoms with van der Waals surface area (Å²) in [6.07, 6.45) is -9.56. The topological polar surface area (TPSA) is 623 Å². The van der Waals surface area contributed by atoms with Gasteiger partial charge in [-0.05, 0) is 70.6 Å². The van der Waals surface area contributed by atoms with Crippen LogP contribution in [0, 0.1) is 11.3 Å². The number of amides is 3. The van der Waals surface area contributed by atoms with Crippen molar-refractivity contribution in [1.82, 2.24) is 16.0 Å². The van der Waals surface area contributed by atoms with Crippen LogP contribution in [0.2, 0.25) is 0 Å². The summed E-state index contributed by atoms with van der Waals surface area (Å²) in [7, 11) is -17.1. The SMILES string of the molecule is COCCCOCC(CO)COCCCOP(=O)(O)OCC(COCCCOP(=O)(O)OCCCCCCO[C@@H]1OC(CO)[C@H](O)[C@H](O)C1NC(C)=O)(COCCCOP(=O)(O)OCCCCCCO[C@@H]1OC(CO)[C@H](O)C(O)[C@@H]1NC(C)=O)COCCCOP(=O)(O)OCCCCCCO[C@@H]1OC(CO)[C@H](O)C(O)[C@@H]1NC(C)=O. The molecule has 3 rings (SSSR count). The molecule has 115 heavy (non-hydrogen) atoms. The molecule has 3 aliphatic heterocycles. The first-order valence-electron chi connectivity index (χ1n) is 38.8. The van der Waals surface area contributed by atoms with Gasteiger partial charge in [-0.25, -0.2) is 18.3 Å². The molecule has 0 aromatic rings. The molecule has 0 spiro atoms. The molecule has 3 saturated heterocycles. The van der Waals surface area contributed by atoms with E-state index in [1.165, 1.54) is 20.8 Å². The second-order valence-electron chi connectivity index (χ2n) is 27.8. The Labute approximate surface area is 671 Å². The molecule has 44 nitrogen and oxygen atoms in total. The van der Waals surface area contributed by atoms with E-state index in [0.29, 0.717) is 96.7 Å². The van der Waals surface area contributed by atoms with Gasteiger partial charge in [-0.2, -0.15) is 0 Å². The number of phosphoric ester groups is 4. The van der Waals surface area contributed by atoms with Crippen LogP contribution >= 0.6 is 31.3 Å². The van der Waals surface area contributed by atoms with Crippen molar-refractivity contribution < 1.29 is 196 Å². The first-order chi connectivity index (χ1) is 54.8. The van der Waals surface area contributed by atoms with E-state index in [1.807, 2.05) is 0 Å². The minimum absolute atomic E-state index is 0.0130. The van der Waals surface area contributed by atoms with Crippen molar-refractivity contribution in [2.24, 2.45) is 11.3 Å². The first-order valence-corrected chi connectivity index (χ1v) is 44.8. The molecule has 17 N–H and O–H groups in total. The van der Waals surface area contributed by atoms with Crippen molar-refractivity contribution in [3.05, 3.63) is 0 Å². The van der Waals surface area contributed by atoms with Crippen molar-refractivity contribution >= 4 is 49.0 Å². The zero-order chi connectivity index (χ0) is 85.1. The largest absolute Gasteiger partial charge is 0.472 e. The van der Waals surface area contributed by atoms with Crippen molar-refractivity contribution in [1.29, 1.82) is 0 Å². The van der Waals surface area contributed by atoms with Gasteiger partial charge in [0.15, 0.2) is 18.9 Å². The Morgan fingerprint density at radius 2 is 0.591 bits per heavy atom. The average molecular weight is 1760 g/mol. The molecule has 3 aliphatic rings. The number of nitrogens with one attached hydrogen (secondary N) is 3. The summed E-state index contributed by atoms with van der Waals surface area (Å²) in [5.74, 6) is -1.87. The van der Waals surface area contributed by atoms with E-state index in [2.05, 4.69) is 16.0 Å². The number of ether oxygens (including phenoxy) is 12. The molecular weight excluding hydrogens is 1630 g/mol. The Hall–Kier alpha value is -2.03. The molecule has 3 amide bonds. The lowest BCUT2D eigenvalue weighted by atomic mass is 9.92. The molecular formula is C67H131N3O41P4. The van der Waals surface area contributed by atoms with E-state index in [0.717, 1.165) is 0 Å². The summed E-state index contributed by atoms with van der Waals surface area (Å²) in [6, 6.07) is -3.32. The summed E-state index contributed by atoms with van der Waals surface area (Å²) in [6.45, 7) is -0.984. The summed E-state index contributed by atoms with van der Waals surface area (Å²) >= 11 is 0. The minimum Gasteiger partial charge on any atom is -0.396 e. The van der Waals surface area contributed by atoms with E-state index in [1.54, 1.807) is 7.11 Å². The molecule has 0 aromatic carbocycles. The highest BCUT2D eigenvalue weighted by atomic mass is 31.2. The lowest BCUT2D eigenvalue weighted by Gasteiger charge is -2.42. The van der Waals surface area contributed by atoms with Crippen LogP contribution in [0.1, 0.15) is 130 Å². The number of carbonyl (C=O) groups excluding carboxylic acids is 3. The number of methoxy groups -OCH3 is 1. The fourth-order valence-electron chi connectivity index (χ4n) is 11.5. The maximum absolute atomic E-state index is 13.5. The number of phosphoric acid groups is 4. The zero-order valence-electron chi connectivity index (χ0n) is 66.2. The third-order valence-corrected chi connectivity index (χ3v) is 21.6. The van der Waals surface area contributed by atoms with Crippen LogP contribution in [0.15, 0.2) is 0 Å². The maximum atomic E-state index is 13.5. The van der Waals surface area contributed by atoms with Crippen molar-refractivity contribution in [3.8, 4) is 0 Å². The third-order valence-electron chi connectivity index (χ3n) is 17.6. The predicted octanol–water partition coefficient (Wildman–Crippen LogP) is -0.642. The van der Waals surface area contributed by atoms with Crippen LogP contribution in [0.3, 0.4) is 0 Å². The molecule has 0 aliphatic carbocycles. The minimum atomic E-state index is -4.91. The molecule has 0 saturated carbocycles. The van der Waals surface area contributed by atoms with E-state index >= 15 is 0 Å². The molecule has 3 fully saturated rings. The molecule has 20 atom stereocenters. The van der Waals surface area contributed by atoms with Crippen LogP contribution in [-0.2, 0) is 126 Å². The molecule has 680 valence electrons. The molecule has 0 radical (unpaired) electrons. The quantitative estimate of drug-likeness (QED) is 0.0266. The Kier molecular flexibility index (Phi) is 56.4. The number of hydrogen-bond acceptors (Lipinski definition) is 37. The summed E-state index contributed by atoms with van der Waals surface area (Å²) in [4.78, 5) is 77.7. The first kappa shape index (κ1) is 107. The Morgan fingerprint density at radius 3 is 0.852 bits per heavy atom. The number of aliphatic hydroxyl groups excluding tert-OH is 10. The van der Waals surface area contributed by atoms with Crippen LogP contribution < -0.4 is 16.0 Å². The van der Waals surface area contributed by atoms with Gasteiger partial charge in [0.2, 0.25) is 17.7 Å². The van der Waals surface area contributed by atoms with Gasteiger partial charge in [-0.15, -0.1) is 0 Å². The van der Waals surface area contributed by atoms with Gasteiger partial charge in [-0.3, -0.25) is 50.6 Å². The van der Waals surface area contributed by atoms with Crippen molar-refractivity contribution in [3.63, 3.8) is 0 Å². The van der Waals surface area contributed by atoms with Crippen LogP contribution in [0.25, 0.3) is 0 Å². The monoisotopic (exact) mass is 1760 g/mol. The normalized spacial score (nSPS) is 26.9. The fraction of sp³-hybridized carbons (Fsp3) is 0.955. The average Bonchev–Trinajstić information content (AvgIpc) is 0.816. The van der Waals surface area contributed by atoms with Crippen LogP contribution in [0.5, 0.6) is 0 Å². The van der Waals surface area contributed by atoms with E-state index in [9.17, 15) is 103 Å². The Morgan fingerprint density at radius 1 is 0.339 bits per heavy atom. The van der Waals surface area contributed by atoms with E-state index in [-0.39, 0.29) is 164 Å². The van der Waals surface area contributed by atoms with Crippen molar-refractivity contribution in [2.75, 3.05) is 179 Å². The highest BCUT2D eigenvalue weighted by molar-refractivity contribution is 7.48. The van der Waals surface area contributed by atoms with E-state index in [4.69, 9.17) is 93.0 Å². The standard InChI is InChI=1S/C67H131N3O41P4/c1-48(75)68-55-61(81)58(78)52(39-72)109-64(55)98-28-11-5-8-14-31-101-112(84,85)104-35-19-25-95-44-67(47-108-115(90,91)107-34-18-24-94-43-51(38-71)42-93-23-17-22-92-4,45-96-26-20-36-105-113(86,87)102-32-15-9-6-12-29-99-65-56(69-49(2)76)62(82)59(79)53(40-73)110-65)46-97-27-21-37-106-114(88,89)103-33-16-10-7-13-30-100-66-57(70-50(3)77)63(83)60(80)54(41-74)111-66/h51-66,71-74,78-83H,5-47H2,1-4H3,(H,68,75)(H,69,76)(H,70,77)(H,84,85)(H,86,87)(H,88,89)(H,90,91)/t51?,52?,53?,54?,55-,56-,57?,58-,59-,60-,61?,62?,63+,64+,65+,66+,67?/m0/s1. The smallest absolute Gasteiger partial charge is 0.396 e. The highest BCUT2D eigenvalue weighted by Gasteiger charge is 2.48. The van der Waals surface area contributed by atoms with Crippen LogP contribution in [-0.4, -0.2) is 359 Å². The number of carbonyl (C=O) groups is 3. The maximum Gasteiger partial charge on any atom is 0.472 e. The van der Waals surface area contributed by atoms with Gasteiger partial charge >= 0.3 is 31.3 Å². The second kappa shape index (κ2) is 60.5. The fourth-order valence-corrected chi connectivity index (χ4v) is 14.7. The highest BCUT2D eigenvalue weighted by Crippen LogP contribution is 2.47. The molecule has 11 unspecified atom stereocenters. The predicted molar refractivity (Wildman–Crippen MR) is 398 cm³/mol.